The van der Waals surface area contributed by atoms with E-state index in [0.717, 1.165) is 5.56 Å². The smallest absolute Gasteiger partial charge is 0.181 e. The molecule has 1 saturated carbocycles. The summed E-state index contributed by atoms with van der Waals surface area (Å²) in [7, 11) is 0. The number of nitrogens with zero attached hydrogens (tertiary/aromatic N) is 1. The third kappa shape index (κ3) is 3.01. The van der Waals surface area contributed by atoms with Crippen LogP contribution in [-0.4, -0.2) is 22.8 Å². The van der Waals surface area contributed by atoms with E-state index >= 15 is 0 Å². The monoisotopic (exact) mass is 339 g/mol. The first-order chi connectivity index (χ1) is 11.8. The summed E-state index contributed by atoms with van der Waals surface area (Å²) < 4.78 is 0. The van der Waals surface area contributed by atoms with Crippen LogP contribution in [0.4, 0.5) is 0 Å². The predicted molar refractivity (Wildman–Crippen MR) is 97.5 cm³/mol. The third-order valence-electron chi connectivity index (χ3n) is 5.39. The van der Waals surface area contributed by atoms with Crippen LogP contribution in [0, 0.1) is 0 Å². The Morgan fingerprint density at radius 1 is 0.917 bits per heavy atom. The molecule has 2 nitrogen and oxygen atoms in total. The van der Waals surface area contributed by atoms with Crippen molar-refractivity contribution >= 4 is 17.4 Å². The number of Topliss-reactive ketones (excluding diaryl/α,β-unsaturated/α-hetero) is 1. The maximum Gasteiger partial charge on any atom is 0.181 e. The van der Waals surface area contributed by atoms with Crippen molar-refractivity contribution in [3.63, 3.8) is 0 Å². The van der Waals surface area contributed by atoms with E-state index in [2.05, 4.69) is 29.2 Å². The Hall–Kier alpha value is -1.64. The molecule has 0 radical (unpaired) electrons. The molecule has 1 aliphatic carbocycles. The fourth-order valence-electron chi connectivity index (χ4n) is 4.15. The fraction of sp³-hybridized carbons (Fsp3) is 0.381. The predicted octanol–water partition coefficient (Wildman–Crippen LogP) is 5.28. The molecule has 0 bridgehead atoms. The molecule has 4 rings (SSSR count). The second kappa shape index (κ2) is 6.70. The van der Waals surface area contributed by atoms with Crippen LogP contribution in [-0.2, 0) is 0 Å². The normalized spacial score (nSPS) is 27.0. The van der Waals surface area contributed by atoms with Gasteiger partial charge in [0, 0.05) is 16.6 Å². The Bertz CT molecular complexity index is 706. The van der Waals surface area contributed by atoms with Crippen molar-refractivity contribution in [3.8, 4) is 0 Å². The van der Waals surface area contributed by atoms with Crippen molar-refractivity contribution in [2.75, 3.05) is 0 Å². The number of carbonyl (C=O) groups excluding carboxylic acids is 1. The van der Waals surface area contributed by atoms with Crippen LogP contribution in [0.3, 0.4) is 0 Å². The highest BCUT2D eigenvalue weighted by Gasteiger charge is 2.55. The maximum absolute atomic E-state index is 13.1. The van der Waals surface area contributed by atoms with Crippen LogP contribution in [0.1, 0.15) is 54.1 Å². The third-order valence-corrected chi connectivity index (χ3v) is 5.64. The number of ketones is 1. The largest absolute Gasteiger partial charge is 0.292 e. The Kier molecular flexibility index (Phi) is 4.43. The van der Waals surface area contributed by atoms with Crippen LogP contribution < -0.4 is 0 Å². The van der Waals surface area contributed by atoms with Gasteiger partial charge in [0.25, 0.3) is 0 Å². The summed E-state index contributed by atoms with van der Waals surface area (Å²) in [5, 5.41) is 0.672. The molecule has 3 atom stereocenters. The summed E-state index contributed by atoms with van der Waals surface area (Å²) in [4.78, 5) is 15.5. The molecule has 2 aliphatic rings. The molecule has 1 unspecified atom stereocenters. The highest BCUT2D eigenvalue weighted by Crippen LogP contribution is 2.49. The minimum Gasteiger partial charge on any atom is -0.292 e. The summed E-state index contributed by atoms with van der Waals surface area (Å²) in [5.41, 5.74) is 2.03. The van der Waals surface area contributed by atoms with E-state index in [4.69, 9.17) is 11.6 Å². The first-order valence-electron chi connectivity index (χ1n) is 8.88. The van der Waals surface area contributed by atoms with Crippen LogP contribution in [0.2, 0.25) is 5.02 Å². The second-order valence-electron chi connectivity index (χ2n) is 6.91. The molecule has 1 heterocycles. The molecule has 24 heavy (non-hydrogen) atoms. The van der Waals surface area contributed by atoms with E-state index < -0.39 is 0 Å². The van der Waals surface area contributed by atoms with Gasteiger partial charge in [-0.05, 0) is 42.7 Å². The highest BCUT2D eigenvalue weighted by molar-refractivity contribution is 6.30. The molecule has 1 aliphatic heterocycles. The average Bonchev–Trinajstić information content (AvgIpc) is 3.39. The number of hydrogen-bond acceptors (Lipinski definition) is 2. The minimum absolute atomic E-state index is 0.0170. The van der Waals surface area contributed by atoms with Crippen molar-refractivity contribution in [2.45, 2.75) is 50.2 Å². The SMILES string of the molecule is O=C(c1ccc(Cl)cc1)[C@H]1[C@H](c2ccccc2)N1C1CCCCC1. The lowest BCUT2D eigenvalue weighted by Crippen LogP contribution is -2.26. The van der Waals surface area contributed by atoms with Crippen molar-refractivity contribution in [3.05, 3.63) is 70.7 Å². The van der Waals surface area contributed by atoms with Crippen LogP contribution in [0.5, 0.6) is 0 Å². The van der Waals surface area contributed by atoms with Gasteiger partial charge in [0.15, 0.2) is 5.78 Å². The van der Waals surface area contributed by atoms with E-state index in [1.807, 2.05) is 18.2 Å². The van der Waals surface area contributed by atoms with Gasteiger partial charge in [0.1, 0.15) is 0 Å². The molecule has 1 saturated heterocycles. The number of rotatable bonds is 4. The van der Waals surface area contributed by atoms with Crippen molar-refractivity contribution in [2.24, 2.45) is 0 Å². The second-order valence-corrected chi connectivity index (χ2v) is 7.35. The van der Waals surface area contributed by atoms with Crippen LogP contribution in [0.25, 0.3) is 0 Å². The summed E-state index contributed by atoms with van der Waals surface area (Å²) in [5.74, 6) is 0.228. The molecule has 3 heteroatoms. The van der Waals surface area contributed by atoms with Gasteiger partial charge in [-0.1, -0.05) is 61.2 Å². The summed E-state index contributed by atoms with van der Waals surface area (Å²) in [6.45, 7) is 0. The van der Waals surface area contributed by atoms with Gasteiger partial charge >= 0.3 is 0 Å². The number of halogens is 1. The lowest BCUT2D eigenvalue weighted by atomic mass is 9.95. The Morgan fingerprint density at radius 3 is 2.25 bits per heavy atom. The van der Waals surface area contributed by atoms with Gasteiger partial charge < -0.3 is 0 Å². The van der Waals surface area contributed by atoms with Crippen molar-refractivity contribution in [1.82, 2.24) is 4.90 Å². The van der Waals surface area contributed by atoms with Gasteiger partial charge in [0.05, 0.1) is 12.1 Å². The summed E-state index contributed by atoms with van der Waals surface area (Å²) >= 11 is 5.96. The van der Waals surface area contributed by atoms with Crippen LogP contribution in [0.15, 0.2) is 54.6 Å². The van der Waals surface area contributed by atoms with E-state index in [0.29, 0.717) is 11.1 Å². The molecular weight excluding hydrogens is 318 g/mol. The van der Waals surface area contributed by atoms with E-state index in [9.17, 15) is 4.79 Å². The minimum atomic E-state index is -0.0170. The standard InChI is InChI=1S/C21H22ClNO/c22-17-13-11-16(12-14-17)21(24)20-19(15-7-3-1-4-8-15)23(20)18-9-5-2-6-10-18/h1,3-4,7-8,11-14,18-20H,2,5-6,9-10H2/t19-,20+,23?/m0/s1. The highest BCUT2D eigenvalue weighted by atomic mass is 35.5. The number of carbonyl (C=O) groups is 1. The van der Waals surface area contributed by atoms with E-state index in [1.54, 1.807) is 12.1 Å². The fourth-order valence-corrected chi connectivity index (χ4v) is 4.28. The molecule has 0 aromatic heterocycles. The first-order valence-corrected chi connectivity index (χ1v) is 9.25. The Labute approximate surface area is 148 Å². The van der Waals surface area contributed by atoms with Gasteiger partial charge in [-0.2, -0.15) is 0 Å². The molecule has 124 valence electrons. The molecule has 2 fully saturated rings. The van der Waals surface area contributed by atoms with Crippen molar-refractivity contribution < 1.29 is 4.79 Å². The number of benzene rings is 2. The quantitative estimate of drug-likeness (QED) is 0.557. The van der Waals surface area contributed by atoms with E-state index in [1.165, 1.54) is 37.7 Å². The first kappa shape index (κ1) is 15.9. The Morgan fingerprint density at radius 2 is 1.58 bits per heavy atom. The summed E-state index contributed by atoms with van der Waals surface area (Å²) in [6, 6.07) is 18.5. The molecule has 2 aromatic rings. The molecule has 0 amide bonds. The average molecular weight is 340 g/mol. The topological polar surface area (TPSA) is 20.1 Å². The molecule has 0 N–H and O–H groups in total. The molecular formula is C21H22ClNO. The van der Waals surface area contributed by atoms with Gasteiger partial charge in [0.2, 0.25) is 0 Å². The Balaban J connectivity index is 1.61. The molecule has 2 aromatic carbocycles. The van der Waals surface area contributed by atoms with Gasteiger partial charge in [-0.3, -0.25) is 9.69 Å². The zero-order valence-electron chi connectivity index (χ0n) is 13.7. The van der Waals surface area contributed by atoms with Gasteiger partial charge in [-0.15, -0.1) is 0 Å². The lowest BCUT2D eigenvalue weighted by molar-refractivity contribution is 0.0963. The van der Waals surface area contributed by atoms with Gasteiger partial charge in [-0.25, -0.2) is 0 Å². The van der Waals surface area contributed by atoms with Crippen molar-refractivity contribution in [1.29, 1.82) is 0 Å². The maximum atomic E-state index is 13.1. The zero-order chi connectivity index (χ0) is 16.5. The number of hydrogen-bond donors (Lipinski definition) is 0. The molecule has 0 spiro atoms. The lowest BCUT2D eigenvalue weighted by Gasteiger charge is -2.24. The van der Waals surface area contributed by atoms with Crippen LogP contribution >= 0.6 is 11.6 Å². The summed E-state index contributed by atoms with van der Waals surface area (Å²) in [6.07, 6.45) is 6.33. The zero-order valence-corrected chi connectivity index (χ0v) is 14.5. The van der Waals surface area contributed by atoms with E-state index in [-0.39, 0.29) is 17.9 Å².